The van der Waals surface area contributed by atoms with E-state index in [2.05, 4.69) is 15.9 Å². The summed E-state index contributed by atoms with van der Waals surface area (Å²) in [5, 5.41) is 4.99. The Morgan fingerprint density at radius 3 is 2.57 bits per heavy atom. The first-order valence-corrected chi connectivity index (χ1v) is 8.46. The van der Waals surface area contributed by atoms with Crippen molar-refractivity contribution >= 4 is 31.9 Å². The minimum atomic E-state index is -3.99. The summed E-state index contributed by atoms with van der Waals surface area (Å²) in [6.07, 6.45) is 0. The van der Waals surface area contributed by atoms with Gasteiger partial charge in [0.1, 0.15) is 6.61 Å². The Bertz CT molecular complexity index is 871. The Hall–Kier alpha value is -1.84. The van der Waals surface area contributed by atoms with Crippen molar-refractivity contribution in [2.24, 2.45) is 5.14 Å². The monoisotopic (exact) mass is 405 g/mol. The highest BCUT2D eigenvalue weighted by Crippen LogP contribution is 2.22. The molecule has 2 aromatic rings. The van der Waals surface area contributed by atoms with E-state index in [9.17, 15) is 22.0 Å². The van der Waals surface area contributed by atoms with Crippen LogP contribution in [0.1, 0.15) is 15.9 Å². The second-order valence-corrected chi connectivity index (χ2v) is 6.89. The minimum absolute atomic E-state index is 0.103. The van der Waals surface area contributed by atoms with Crippen molar-refractivity contribution in [3.05, 3.63) is 63.6 Å². The van der Waals surface area contributed by atoms with Gasteiger partial charge in [-0.2, -0.15) is 0 Å². The SMILES string of the molecule is NS(=O)(=O)c1ccc(Br)c(C(=O)OCc2cccc(F)c2F)c1. The molecule has 2 rings (SSSR count). The lowest BCUT2D eigenvalue weighted by atomic mass is 10.2. The Labute approximate surface area is 139 Å². The van der Waals surface area contributed by atoms with Crippen LogP contribution >= 0.6 is 15.9 Å². The summed E-state index contributed by atoms with van der Waals surface area (Å²) < 4.78 is 54.3. The first-order chi connectivity index (χ1) is 10.7. The largest absolute Gasteiger partial charge is 0.457 e. The highest BCUT2D eigenvalue weighted by Gasteiger charge is 2.17. The van der Waals surface area contributed by atoms with Crippen LogP contribution in [0.3, 0.4) is 0 Å². The van der Waals surface area contributed by atoms with Crippen LogP contribution in [0.15, 0.2) is 45.8 Å². The van der Waals surface area contributed by atoms with Gasteiger partial charge in [-0.15, -0.1) is 0 Å². The van der Waals surface area contributed by atoms with Crippen LogP contribution in [0.25, 0.3) is 0 Å². The van der Waals surface area contributed by atoms with Gasteiger partial charge in [0.25, 0.3) is 0 Å². The van der Waals surface area contributed by atoms with Crippen molar-refractivity contribution in [2.45, 2.75) is 11.5 Å². The number of carbonyl (C=O) groups is 1. The molecule has 0 saturated heterocycles. The number of hydrogen-bond acceptors (Lipinski definition) is 4. The van der Waals surface area contributed by atoms with Crippen molar-refractivity contribution in [2.75, 3.05) is 0 Å². The maximum Gasteiger partial charge on any atom is 0.339 e. The molecule has 2 aromatic carbocycles. The summed E-state index contributed by atoms with van der Waals surface area (Å²) in [7, 11) is -3.99. The average Bonchev–Trinajstić information content (AvgIpc) is 2.47. The standard InChI is InChI=1S/C14H10BrF2NO4S/c15-11-5-4-9(23(18,20)21)6-10(11)14(19)22-7-8-2-1-3-12(16)13(8)17/h1-6H,7H2,(H2,18,20,21). The van der Waals surface area contributed by atoms with Crippen molar-refractivity contribution in [3.63, 3.8) is 0 Å². The second kappa shape index (κ2) is 6.73. The number of primary sulfonamides is 1. The molecule has 0 aliphatic rings. The third kappa shape index (κ3) is 4.12. The quantitative estimate of drug-likeness (QED) is 0.792. The first kappa shape index (κ1) is 17.5. The van der Waals surface area contributed by atoms with Crippen LogP contribution in [0.2, 0.25) is 0 Å². The van der Waals surface area contributed by atoms with E-state index in [0.717, 1.165) is 12.1 Å². The van der Waals surface area contributed by atoms with Crippen LogP contribution in [0, 0.1) is 11.6 Å². The number of benzene rings is 2. The van der Waals surface area contributed by atoms with Gasteiger partial charge in [0.2, 0.25) is 10.0 Å². The molecular weight excluding hydrogens is 396 g/mol. The predicted octanol–water partition coefficient (Wildman–Crippen LogP) is 2.73. The molecule has 23 heavy (non-hydrogen) atoms. The Kier molecular flexibility index (Phi) is 5.12. The number of ether oxygens (including phenoxy) is 1. The van der Waals surface area contributed by atoms with Gasteiger partial charge in [-0.05, 0) is 40.2 Å². The van der Waals surface area contributed by atoms with Crippen molar-refractivity contribution in [1.29, 1.82) is 0 Å². The molecule has 0 atom stereocenters. The molecule has 0 saturated carbocycles. The molecular formula is C14H10BrF2NO4S. The maximum absolute atomic E-state index is 13.5. The summed E-state index contributed by atoms with van der Waals surface area (Å²) >= 11 is 3.08. The van der Waals surface area contributed by atoms with Crippen molar-refractivity contribution in [1.82, 2.24) is 0 Å². The summed E-state index contributed by atoms with van der Waals surface area (Å²) in [4.78, 5) is 11.7. The van der Waals surface area contributed by atoms with E-state index in [0.29, 0.717) is 0 Å². The molecule has 0 bridgehead atoms. The zero-order valence-corrected chi connectivity index (χ0v) is 13.8. The number of halogens is 3. The van der Waals surface area contributed by atoms with Gasteiger partial charge >= 0.3 is 5.97 Å². The predicted molar refractivity (Wildman–Crippen MR) is 81.0 cm³/mol. The number of esters is 1. The van der Waals surface area contributed by atoms with Gasteiger partial charge in [0, 0.05) is 10.0 Å². The molecule has 0 aromatic heterocycles. The fourth-order valence-corrected chi connectivity index (χ4v) is 2.67. The zero-order valence-electron chi connectivity index (χ0n) is 11.4. The lowest BCUT2D eigenvalue weighted by Gasteiger charge is -2.09. The number of hydrogen-bond donors (Lipinski definition) is 1. The molecule has 0 aliphatic heterocycles. The van der Waals surface area contributed by atoms with E-state index >= 15 is 0 Å². The Morgan fingerprint density at radius 2 is 1.91 bits per heavy atom. The summed E-state index contributed by atoms with van der Waals surface area (Å²) in [6, 6.07) is 7.04. The second-order valence-electron chi connectivity index (χ2n) is 4.48. The third-order valence-corrected chi connectivity index (χ3v) is 4.48. The number of sulfonamides is 1. The number of rotatable bonds is 4. The van der Waals surface area contributed by atoms with E-state index in [1.807, 2.05) is 0 Å². The van der Waals surface area contributed by atoms with E-state index in [1.54, 1.807) is 0 Å². The lowest BCUT2D eigenvalue weighted by Crippen LogP contribution is -2.14. The van der Waals surface area contributed by atoms with E-state index in [1.165, 1.54) is 24.3 Å². The fraction of sp³-hybridized carbons (Fsp3) is 0.0714. The number of carbonyl (C=O) groups excluding carboxylic acids is 1. The molecule has 0 fully saturated rings. The Morgan fingerprint density at radius 1 is 1.22 bits per heavy atom. The molecule has 0 radical (unpaired) electrons. The average molecular weight is 406 g/mol. The van der Waals surface area contributed by atoms with Gasteiger partial charge < -0.3 is 4.74 Å². The van der Waals surface area contributed by atoms with Crippen LogP contribution in [0.5, 0.6) is 0 Å². The molecule has 5 nitrogen and oxygen atoms in total. The van der Waals surface area contributed by atoms with Gasteiger partial charge in [-0.25, -0.2) is 27.1 Å². The first-order valence-electron chi connectivity index (χ1n) is 6.12. The molecule has 0 aliphatic carbocycles. The maximum atomic E-state index is 13.5. The van der Waals surface area contributed by atoms with Crippen LogP contribution < -0.4 is 5.14 Å². The molecule has 0 unspecified atom stereocenters. The van der Waals surface area contributed by atoms with Gasteiger partial charge in [-0.1, -0.05) is 12.1 Å². The molecule has 122 valence electrons. The molecule has 0 spiro atoms. The topological polar surface area (TPSA) is 86.5 Å². The number of nitrogens with two attached hydrogens (primary N) is 1. The summed E-state index contributed by atoms with van der Waals surface area (Å²) in [5.74, 6) is -3.08. The summed E-state index contributed by atoms with van der Waals surface area (Å²) in [6.45, 7) is -0.505. The molecule has 2 N–H and O–H groups in total. The van der Waals surface area contributed by atoms with E-state index in [4.69, 9.17) is 9.88 Å². The summed E-state index contributed by atoms with van der Waals surface area (Å²) in [5.41, 5.74) is -0.245. The van der Waals surface area contributed by atoms with Crippen LogP contribution in [0.4, 0.5) is 8.78 Å². The van der Waals surface area contributed by atoms with Crippen LogP contribution in [-0.2, 0) is 21.4 Å². The van der Waals surface area contributed by atoms with Gasteiger partial charge in [0.05, 0.1) is 10.5 Å². The molecule has 9 heteroatoms. The van der Waals surface area contributed by atoms with Gasteiger partial charge in [-0.3, -0.25) is 0 Å². The van der Waals surface area contributed by atoms with Crippen molar-refractivity contribution in [3.8, 4) is 0 Å². The van der Waals surface area contributed by atoms with Crippen molar-refractivity contribution < 1.29 is 26.7 Å². The third-order valence-electron chi connectivity index (χ3n) is 2.88. The minimum Gasteiger partial charge on any atom is -0.457 e. The van der Waals surface area contributed by atoms with E-state index in [-0.39, 0.29) is 20.5 Å². The van der Waals surface area contributed by atoms with Gasteiger partial charge in [0.15, 0.2) is 11.6 Å². The normalized spacial score (nSPS) is 11.3. The lowest BCUT2D eigenvalue weighted by molar-refractivity contribution is 0.0466. The smallest absolute Gasteiger partial charge is 0.339 e. The highest BCUT2D eigenvalue weighted by molar-refractivity contribution is 9.10. The molecule has 0 heterocycles. The zero-order chi connectivity index (χ0) is 17.2. The van der Waals surface area contributed by atoms with E-state index < -0.39 is 34.2 Å². The fourth-order valence-electron chi connectivity index (χ4n) is 1.72. The Balaban J connectivity index is 2.23. The highest BCUT2D eigenvalue weighted by atomic mass is 79.9. The van der Waals surface area contributed by atoms with Crippen LogP contribution in [-0.4, -0.2) is 14.4 Å². The molecule has 0 amide bonds.